The summed E-state index contributed by atoms with van der Waals surface area (Å²) in [6.07, 6.45) is 0. The Morgan fingerprint density at radius 3 is 2.11 bits per heavy atom. The summed E-state index contributed by atoms with van der Waals surface area (Å²) in [4.78, 5) is 0.637. The van der Waals surface area contributed by atoms with Gasteiger partial charge in [-0.15, -0.1) is 0 Å². The first-order valence-corrected chi connectivity index (χ1v) is 3.49. The lowest BCUT2D eigenvalue weighted by Crippen LogP contribution is -1.59. The molecule has 1 aromatic heterocycles. The summed E-state index contributed by atoms with van der Waals surface area (Å²) in [6.45, 7) is 1.69. The van der Waals surface area contributed by atoms with Gasteiger partial charge >= 0.3 is 0 Å². The first-order valence-electron chi connectivity index (χ1n) is 2.29. The van der Waals surface area contributed by atoms with Crippen molar-refractivity contribution < 1.29 is 10.2 Å². The zero-order valence-electron chi connectivity index (χ0n) is 4.68. The fraction of sp³-hybridized carbons (Fsp3) is 0.200. The molecule has 9 heavy (non-hydrogen) atoms. The average Bonchev–Trinajstić information content (AvgIpc) is 1.98. The Bertz CT molecular complexity index is 209. The predicted molar refractivity (Wildman–Crippen MR) is 37.4 cm³/mol. The summed E-state index contributed by atoms with van der Waals surface area (Å²) in [5.74, 6) is -0.0147. The second-order valence-corrected chi connectivity index (χ2v) is 3.21. The molecule has 2 N–H and O–H groups in total. The van der Waals surface area contributed by atoms with Crippen molar-refractivity contribution >= 4 is 22.9 Å². The molecule has 1 rings (SSSR count). The Kier molecular flexibility index (Phi) is 1.55. The molecule has 4 heteroatoms. The van der Waals surface area contributed by atoms with E-state index in [2.05, 4.69) is 0 Å². The van der Waals surface area contributed by atoms with Crippen LogP contribution in [-0.4, -0.2) is 10.2 Å². The fourth-order valence-corrected chi connectivity index (χ4v) is 1.48. The van der Waals surface area contributed by atoms with E-state index in [-0.39, 0.29) is 15.8 Å². The van der Waals surface area contributed by atoms with Crippen LogP contribution in [0.2, 0.25) is 5.02 Å². The van der Waals surface area contributed by atoms with Gasteiger partial charge in [-0.25, -0.2) is 0 Å². The normalized spacial score (nSPS) is 10.0. The van der Waals surface area contributed by atoms with Gasteiger partial charge in [-0.05, 0) is 6.92 Å². The van der Waals surface area contributed by atoms with Crippen LogP contribution >= 0.6 is 22.9 Å². The zero-order valence-corrected chi connectivity index (χ0v) is 6.25. The van der Waals surface area contributed by atoms with Gasteiger partial charge in [0, 0.05) is 4.88 Å². The monoisotopic (exact) mass is 164 g/mol. The van der Waals surface area contributed by atoms with Gasteiger partial charge in [0.15, 0.2) is 10.8 Å². The van der Waals surface area contributed by atoms with E-state index in [1.165, 1.54) is 0 Å². The van der Waals surface area contributed by atoms with Crippen molar-refractivity contribution in [2.24, 2.45) is 0 Å². The maximum atomic E-state index is 8.95. The molecule has 0 saturated carbocycles. The van der Waals surface area contributed by atoms with Crippen LogP contribution in [0.4, 0.5) is 0 Å². The molecule has 0 aliphatic carbocycles. The van der Waals surface area contributed by atoms with Crippen molar-refractivity contribution in [1.29, 1.82) is 0 Å². The number of aromatic hydroxyl groups is 2. The molecule has 0 aliphatic heterocycles. The summed E-state index contributed by atoms with van der Waals surface area (Å²) >= 11 is 6.48. The number of aryl methyl sites for hydroxylation is 1. The molecule has 0 fully saturated rings. The Balaban J connectivity index is 3.29. The first kappa shape index (κ1) is 6.71. The van der Waals surface area contributed by atoms with Gasteiger partial charge in [0.25, 0.3) is 0 Å². The molecular formula is C5H5ClO2S. The van der Waals surface area contributed by atoms with Gasteiger partial charge in [0.05, 0.1) is 0 Å². The standard InChI is InChI=1S/C5H5ClO2S/c1-2-4(7)3(6)5(8)9-2/h7-8H,1H3. The van der Waals surface area contributed by atoms with Crippen LogP contribution < -0.4 is 0 Å². The summed E-state index contributed by atoms with van der Waals surface area (Å²) in [6, 6.07) is 0. The highest BCUT2D eigenvalue weighted by Crippen LogP contribution is 2.42. The number of hydrogen-bond acceptors (Lipinski definition) is 3. The van der Waals surface area contributed by atoms with Crippen LogP contribution in [0.5, 0.6) is 10.8 Å². The summed E-state index contributed by atoms with van der Waals surface area (Å²) < 4.78 is 0. The highest BCUT2D eigenvalue weighted by atomic mass is 35.5. The van der Waals surface area contributed by atoms with E-state index < -0.39 is 0 Å². The molecule has 2 nitrogen and oxygen atoms in total. The lowest BCUT2D eigenvalue weighted by Gasteiger charge is -1.84. The molecule has 50 valence electrons. The highest BCUT2D eigenvalue weighted by Gasteiger charge is 2.10. The Morgan fingerprint density at radius 1 is 1.44 bits per heavy atom. The van der Waals surface area contributed by atoms with E-state index in [4.69, 9.17) is 21.8 Å². The second-order valence-electron chi connectivity index (χ2n) is 1.63. The van der Waals surface area contributed by atoms with Crippen molar-refractivity contribution in [1.82, 2.24) is 0 Å². The van der Waals surface area contributed by atoms with Gasteiger partial charge in [0.1, 0.15) is 5.02 Å². The van der Waals surface area contributed by atoms with Crippen LogP contribution in [0.1, 0.15) is 4.88 Å². The Morgan fingerprint density at radius 2 is 2.00 bits per heavy atom. The molecule has 0 saturated heterocycles. The molecule has 1 aromatic rings. The zero-order chi connectivity index (χ0) is 7.02. The molecular weight excluding hydrogens is 160 g/mol. The lowest BCUT2D eigenvalue weighted by molar-refractivity contribution is 0.462. The molecule has 0 radical (unpaired) electrons. The third kappa shape index (κ3) is 0.976. The van der Waals surface area contributed by atoms with Gasteiger partial charge < -0.3 is 10.2 Å². The second kappa shape index (κ2) is 2.08. The number of halogens is 1. The van der Waals surface area contributed by atoms with Crippen molar-refractivity contribution in [3.63, 3.8) is 0 Å². The van der Waals surface area contributed by atoms with Crippen molar-refractivity contribution in [3.8, 4) is 10.8 Å². The van der Waals surface area contributed by atoms with E-state index in [1.54, 1.807) is 6.92 Å². The molecule has 0 aliphatic rings. The van der Waals surface area contributed by atoms with Crippen LogP contribution in [0.15, 0.2) is 0 Å². The van der Waals surface area contributed by atoms with Crippen molar-refractivity contribution in [3.05, 3.63) is 9.90 Å². The highest BCUT2D eigenvalue weighted by molar-refractivity contribution is 7.14. The molecule has 0 amide bonds. The number of hydrogen-bond donors (Lipinski definition) is 2. The quantitative estimate of drug-likeness (QED) is 0.617. The fourth-order valence-electron chi connectivity index (χ4n) is 0.494. The number of rotatable bonds is 0. The first-order chi connectivity index (χ1) is 4.13. The van der Waals surface area contributed by atoms with E-state index >= 15 is 0 Å². The third-order valence-electron chi connectivity index (χ3n) is 0.979. The topological polar surface area (TPSA) is 40.5 Å². The van der Waals surface area contributed by atoms with Crippen LogP contribution in [0.25, 0.3) is 0 Å². The van der Waals surface area contributed by atoms with E-state index in [0.29, 0.717) is 4.88 Å². The Labute approximate surface area is 61.3 Å². The third-order valence-corrected chi connectivity index (χ3v) is 2.35. The minimum absolute atomic E-state index is 0.0147. The summed E-state index contributed by atoms with van der Waals surface area (Å²) in [5.41, 5.74) is 0. The predicted octanol–water partition coefficient (Wildman–Crippen LogP) is 2.12. The maximum Gasteiger partial charge on any atom is 0.194 e. The van der Waals surface area contributed by atoms with Crippen LogP contribution in [0, 0.1) is 6.92 Å². The molecule has 0 atom stereocenters. The van der Waals surface area contributed by atoms with E-state index in [1.807, 2.05) is 0 Å². The largest absolute Gasteiger partial charge is 0.505 e. The van der Waals surface area contributed by atoms with Gasteiger partial charge in [-0.2, -0.15) is 0 Å². The molecule has 0 spiro atoms. The average molecular weight is 165 g/mol. The molecule has 0 aromatic carbocycles. The van der Waals surface area contributed by atoms with Crippen LogP contribution in [0.3, 0.4) is 0 Å². The Hall–Kier alpha value is -0.410. The number of thiophene rings is 1. The van der Waals surface area contributed by atoms with E-state index in [0.717, 1.165) is 11.3 Å². The summed E-state index contributed by atoms with van der Waals surface area (Å²) in [5, 5.41) is 17.8. The maximum absolute atomic E-state index is 8.95. The SMILES string of the molecule is Cc1sc(O)c(Cl)c1O. The molecule has 0 unspecified atom stereocenters. The van der Waals surface area contributed by atoms with Gasteiger partial charge in [0.2, 0.25) is 0 Å². The van der Waals surface area contributed by atoms with Crippen LogP contribution in [-0.2, 0) is 0 Å². The lowest BCUT2D eigenvalue weighted by atomic mass is 10.5. The van der Waals surface area contributed by atoms with Crippen molar-refractivity contribution in [2.75, 3.05) is 0 Å². The minimum atomic E-state index is -0.0216. The molecule has 1 heterocycles. The van der Waals surface area contributed by atoms with Gasteiger partial charge in [-0.1, -0.05) is 22.9 Å². The molecule has 0 bridgehead atoms. The smallest absolute Gasteiger partial charge is 0.194 e. The van der Waals surface area contributed by atoms with Gasteiger partial charge in [-0.3, -0.25) is 0 Å². The van der Waals surface area contributed by atoms with Crippen molar-refractivity contribution in [2.45, 2.75) is 6.92 Å². The summed E-state index contributed by atoms with van der Waals surface area (Å²) in [7, 11) is 0. The minimum Gasteiger partial charge on any atom is -0.505 e. The van der Waals surface area contributed by atoms with E-state index in [9.17, 15) is 0 Å².